The van der Waals surface area contributed by atoms with Gasteiger partial charge >= 0.3 is 0 Å². The number of aryl methyl sites for hydroxylation is 3. The minimum Gasteiger partial charge on any atom is -0.287 e. The van der Waals surface area contributed by atoms with Crippen LogP contribution in [0.15, 0.2) is 18.5 Å². The Hall–Kier alpha value is -2.15. The summed E-state index contributed by atoms with van der Waals surface area (Å²) < 4.78 is 1.94. The molecule has 1 aliphatic carbocycles. The fraction of sp³-hybridized carbons (Fsp3) is 0.400. The molecule has 19 heavy (non-hydrogen) atoms. The predicted molar refractivity (Wildman–Crippen MR) is 72.1 cm³/mol. The first-order chi connectivity index (χ1) is 9.33. The number of nitrogens with zero attached hydrogens (tertiary/aromatic N) is 4. The van der Waals surface area contributed by atoms with Crippen LogP contribution in [0.25, 0.3) is 5.82 Å². The maximum atomic E-state index is 9.36. The summed E-state index contributed by atoms with van der Waals surface area (Å²) in [4.78, 5) is 9.05. The Morgan fingerprint density at radius 3 is 3.00 bits per heavy atom. The second-order valence-electron chi connectivity index (χ2n) is 4.85. The lowest BCUT2D eigenvalue weighted by Crippen LogP contribution is -2.11. The highest BCUT2D eigenvalue weighted by Crippen LogP contribution is 2.24. The van der Waals surface area contributed by atoms with Gasteiger partial charge in [0, 0.05) is 24.5 Å². The van der Waals surface area contributed by atoms with Crippen molar-refractivity contribution >= 4 is 0 Å². The molecular weight excluding hydrogens is 236 g/mol. The Kier molecular flexibility index (Phi) is 3.04. The fourth-order valence-electron chi connectivity index (χ4n) is 2.68. The molecule has 4 nitrogen and oxygen atoms in total. The Morgan fingerprint density at radius 2 is 2.21 bits per heavy atom. The number of pyridine rings is 1. The maximum absolute atomic E-state index is 9.36. The van der Waals surface area contributed by atoms with Gasteiger partial charge < -0.3 is 0 Å². The molecule has 0 N–H and O–H groups in total. The van der Waals surface area contributed by atoms with Crippen molar-refractivity contribution in [2.75, 3.05) is 0 Å². The minimum absolute atomic E-state index is 0.647. The van der Waals surface area contributed by atoms with Crippen LogP contribution in [0.3, 0.4) is 0 Å². The molecule has 0 amide bonds. The third-order valence-electron chi connectivity index (χ3n) is 3.66. The van der Waals surface area contributed by atoms with Crippen molar-refractivity contribution in [3.63, 3.8) is 0 Å². The van der Waals surface area contributed by atoms with Crippen molar-refractivity contribution in [3.8, 4) is 11.9 Å². The summed E-state index contributed by atoms with van der Waals surface area (Å²) in [5.74, 6) is 1.68. The van der Waals surface area contributed by atoms with Crippen molar-refractivity contribution in [1.82, 2.24) is 14.5 Å². The number of fused-ring (bicyclic) bond motifs is 1. The van der Waals surface area contributed by atoms with Gasteiger partial charge in [-0.25, -0.2) is 9.97 Å². The molecule has 96 valence electrons. The van der Waals surface area contributed by atoms with Gasteiger partial charge in [-0.1, -0.05) is 6.92 Å². The maximum Gasteiger partial charge on any atom is 0.156 e. The van der Waals surface area contributed by atoms with Crippen LogP contribution in [-0.2, 0) is 19.3 Å². The van der Waals surface area contributed by atoms with Crippen molar-refractivity contribution < 1.29 is 0 Å². The van der Waals surface area contributed by atoms with E-state index in [0.717, 1.165) is 36.6 Å². The number of hydrogen-bond donors (Lipinski definition) is 0. The fourth-order valence-corrected chi connectivity index (χ4v) is 2.68. The van der Waals surface area contributed by atoms with E-state index in [9.17, 15) is 5.26 Å². The molecule has 4 heteroatoms. The summed E-state index contributed by atoms with van der Waals surface area (Å²) in [7, 11) is 0. The van der Waals surface area contributed by atoms with Crippen LogP contribution < -0.4 is 0 Å². The average molecular weight is 252 g/mol. The number of imidazole rings is 1. The lowest BCUT2D eigenvalue weighted by molar-refractivity contribution is 0.663. The van der Waals surface area contributed by atoms with Crippen LogP contribution in [0.1, 0.15) is 42.4 Å². The van der Waals surface area contributed by atoms with Gasteiger partial charge in [0.1, 0.15) is 11.9 Å². The lowest BCUT2D eigenvalue weighted by Gasteiger charge is -2.17. The SMILES string of the molecule is CCc1nccn1-c1nc2c(cc1C#N)CCCC2. The van der Waals surface area contributed by atoms with E-state index in [1.807, 2.05) is 16.8 Å². The molecule has 0 saturated carbocycles. The third kappa shape index (κ3) is 2.01. The zero-order valence-electron chi connectivity index (χ0n) is 11.1. The molecule has 0 bridgehead atoms. The number of nitriles is 1. The molecule has 2 aromatic heterocycles. The van der Waals surface area contributed by atoms with Crippen LogP contribution in [0.2, 0.25) is 0 Å². The van der Waals surface area contributed by atoms with Gasteiger partial charge in [-0.15, -0.1) is 0 Å². The molecule has 0 aliphatic heterocycles. The van der Waals surface area contributed by atoms with Gasteiger partial charge in [0.15, 0.2) is 5.82 Å². The molecule has 0 atom stereocenters. The van der Waals surface area contributed by atoms with E-state index in [2.05, 4.69) is 18.0 Å². The summed E-state index contributed by atoms with van der Waals surface area (Å²) in [6.45, 7) is 2.06. The van der Waals surface area contributed by atoms with Gasteiger partial charge in [-0.05, 0) is 37.3 Å². The van der Waals surface area contributed by atoms with Gasteiger partial charge in [0.2, 0.25) is 0 Å². The second kappa shape index (κ2) is 4.85. The quantitative estimate of drug-likeness (QED) is 0.825. The number of aromatic nitrogens is 3. The van der Waals surface area contributed by atoms with E-state index in [0.29, 0.717) is 5.56 Å². The molecule has 0 radical (unpaired) electrons. The largest absolute Gasteiger partial charge is 0.287 e. The summed E-state index contributed by atoms with van der Waals surface area (Å²) >= 11 is 0. The van der Waals surface area contributed by atoms with Crippen LogP contribution in [0, 0.1) is 11.3 Å². The van der Waals surface area contributed by atoms with Gasteiger partial charge in [-0.2, -0.15) is 5.26 Å². The van der Waals surface area contributed by atoms with E-state index < -0.39 is 0 Å². The Balaban J connectivity index is 2.18. The van der Waals surface area contributed by atoms with Crippen molar-refractivity contribution in [1.29, 1.82) is 5.26 Å². The standard InChI is InChI=1S/C15H16N4/c1-2-14-17-7-8-19(14)15-12(10-16)9-11-5-3-4-6-13(11)18-15/h7-9H,2-6H2,1H3. The first-order valence-electron chi connectivity index (χ1n) is 6.79. The van der Waals surface area contributed by atoms with Crippen LogP contribution in [-0.4, -0.2) is 14.5 Å². The Morgan fingerprint density at radius 1 is 1.37 bits per heavy atom. The molecule has 0 unspecified atom stereocenters. The molecule has 1 aliphatic rings. The highest BCUT2D eigenvalue weighted by molar-refractivity contribution is 5.48. The van der Waals surface area contributed by atoms with Crippen LogP contribution in [0.5, 0.6) is 0 Å². The van der Waals surface area contributed by atoms with Crippen LogP contribution >= 0.6 is 0 Å². The molecule has 0 spiro atoms. The first kappa shape index (κ1) is 11.9. The Labute approximate surface area is 112 Å². The summed E-state index contributed by atoms with van der Waals surface area (Å²) in [6, 6.07) is 4.28. The molecule has 0 aromatic carbocycles. The molecular formula is C15H16N4. The zero-order valence-corrected chi connectivity index (χ0v) is 11.1. The van der Waals surface area contributed by atoms with Crippen molar-refractivity contribution in [2.24, 2.45) is 0 Å². The molecule has 0 fully saturated rings. The monoisotopic (exact) mass is 252 g/mol. The molecule has 2 heterocycles. The van der Waals surface area contributed by atoms with E-state index in [-0.39, 0.29) is 0 Å². The highest BCUT2D eigenvalue weighted by atomic mass is 15.1. The van der Waals surface area contributed by atoms with Gasteiger partial charge in [0.05, 0.1) is 5.56 Å². The summed E-state index contributed by atoms with van der Waals surface area (Å²) in [5.41, 5.74) is 3.04. The van der Waals surface area contributed by atoms with E-state index >= 15 is 0 Å². The number of hydrogen-bond acceptors (Lipinski definition) is 3. The summed E-state index contributed by atoms with van der Waals surface area (Å²) in [6.07, 6.45) is 8.93. The molecule has 2 aromatic rings. The Bertz CT molecular complexity index is 649. The number of rotatable bonds is 2. The van der Waals surface area contributed by atoms with Crippen LogP contribution in [0.4, 0.5) is 0 Å². The molecule has 3 rings (SSSR count). The second-order valence-corrected chi connectivity index (χ2v) is 4.85. The predicted octanol–water partition coefficient (Wildman–Crippen LogP) is 2.58. The lowest BCUT2D eigenvalue weighted by atomic mass is 9.95. The van der Waals surface area contributed by atoms with E-state index in [1.54, 1.807) is 6.20 Å². The smallest absolute Gasteiger partial charge is 0.156 e. The van der Waals surface area contributed by atoms with Gasteiger partial charge in [-0.3, -0.25) is 4.57 Å². The zero-order chi connectivity index (χ0) is 13.2. The molecule has 0 saturated heterocycles. The van der Waals surface area contributed by atoms with Gasteiger partial charge in [0.25, 0.3) is 0 Å². The summed E-state index contributed by atoms with van der Waals surface area (Å²) in [5, 5.41) is 9.36. The van der Waals surface area contributed by atoms with Crippen molar-refractivity contribution in [2.45, 2.75) is 39.0 Å². The van der Waals surface area contributed by atoms with E-state index in [1.165, 1.54) is 18.4 Å². The highest BCUT2D eigenvalue weighted by Gasteiger charge is 2.17. The topological polar surface area (TPSA) is 54.5 Å². The van der Waals surface area contributed by atoms with Crippen molar-refractivity contribution in [3.05, 3.63) is 41.1 Å². The minimum atomic E-state index is 0.647. The third-order valence-corrected chi connectivity index (χ3v) is 3.66. The normalized spacial score (nSPS) is 13.9. The average Bonchev–Trinajstić information content (AvgIpc) is 2.94. The van der Waals surface area contributed by atoms with E-state index in [4.69, 9.17) is 4.98 Å². The first-order valence-corrected chi connectivity index (χ1v) is 6.79.